The van der Waals surface area contributed by atoms with Crippen LogP contribution in [0.5, 0.6) is 0 Å². The molecule has 1 aromatic carbocycles. The van der Waals surface area contributed by atoms with Crippen LogP contribution in [0, 0.1) is 11.8 Å². The summed E-state index contributed by atoms with van der Waals surface area (Å²) in [5, 5.41) is 21.6. The Kier molecular flexibility index (Phi) is 2.78. The van der Waals surface area contributed by atoms with E-state index in [-0.39, 0.29) is 5.91 Å². The van der Waals surface area contributed by atoms with Crippen molar-refractivity contribution in [2.75, 3.05) is 0 Å². The fourth-order valence-electron chi connectivity index (χ4n) is 2.77. The Morgan fingerprint density at radius 1 is 1.21 bits per heavy atom. The predicted molar refractivity (Wildman–Crippen MR) is 66.3 cm³/mol. The van der Waals surface area contributed by atoms with Gasteiger partial charge in [0.25, 0.3) is 0 Å². The Labute approximate surface area is 110 Å². The average Bonchev–Trinajstić information content (AvgIpc) is 3.12. The van der Waals surface area contributed by atoms with E-state index < -0.39 is 30.0 Å². The number of carbonyl (C=O) groups is 2. The molecule has 3 rings (SSSR count). The summed E-state index contributed by atoms with van der Waals surface area (Å²) in [7, 11) is 0. The first-order valence-electron chi connectivity index (χ1n) is 6.37. The van der Waals surface area contributed by atoms with Gasteiger partial charge in [-0.3, -0.25) is 9.59 Å². The van der Waals surface area contributed by atoms with E-state index in [2.05, 4.69) is 5.32 Å². The maximum atomic E-state index is 11.9. The van der Waals surface area contributed by atoms with Crippen LogP contribution in [0.15, 0.2) is 24.3 Å². The summed E-state index contributed by atoms with van der Waals surface area (Å²) in [6.07, 6.45) is 0.281. The lowest BCUT2D eigenvalue weighted by Gasteiger charge is -2.17. The monoisotopic (exact) mass is 261 g/mol. The minimum absolute atomic E-state index is 0.270. The first-order chi connectivity index (χ1) is 9.08. The number of aliphatic hydroxyl groups excluding tert-OH is 1. The average molecular weight is 261 g/mol. The maximum Gasteiger partial charge on any atom is 0.307 e. The molecule has 5 heteroatoms. The second-order valence-corrected chi connectivity index (χ2v) is 5.24. The molecule has 0 aromatic heterocycles. The van der Waals surface area contributed by atoms with Gasteiger partial charge in [0, 0.05) is 6.42 Å². The fraction of sp³-hybridized carbons (Fsp3) is 0.429. The number of carbonyl (C=O) groups excluding carboxylic acids is 1. The number of hydrogen-bond acceptors (Lipinski definition) is 3. The zero-order valence-electron chi connectivity index (χ0n) is 10.2. The van der Waals surface area contributed by atoms with Crippen LogP contribution >= 0.6 is 0 Å². The summed E-state index contributed by atoms with van der Waals surface area (Å²) in [5.74, 6) is -2.20. The third-order valence-electron chi connectivity index (χ3n) is 3.95. The number of rotatable bonds is 3. The van der Waals surface area contributed by atoms with E-state index in [9.17, 15) is 14.7 Å². The van der Waals surface area contributed by atoms with Gasteiger partial charge < -0.3 is 15.5 Å². The first kappa shape index (κ1) is 12.2. The molecule has 100 valence electrons. The van der Waals surface area contributed by atoms with E-state index in [1.54, 1.807) is 0 Å². The van der Waals surface area contributed by atoms with Gasteiger partial charge in [0.15, 0.2) is 0 Å². The van der Waals surface area contributed by atoms with Gasteiger partial charge in [0.2, 0.25) is 5.91 Å². The Morgan fingerprint density at radius 2 is 1.95 bits per heavy atom. The highest BCUT2D eigenvalue weighted by molar-refractivity contribution is 5.89. The minimum Gasteiger partial charge on any atom is -0.481 e. The molecule has 3 N–H and O–H groups in total. The molecule has 0 saturated heterocycles. The third kappa shape index (κ3) is 2.10. The van der Waals surface area contributed by atoms with E-state index in [0.717, 1.165) is 11.1 Å². The van der Waals surface area contributed by atoms with Crippen molar-refractivity contribution in [3.8, 4) is 0 Å². The molecule has 0 radical (unpaired) electrons. The van der Waals surface area contributed by atoms with Crippen LogP contribution in [0.2, 0.25) is 0 Å². The highest BCUT2D eigenvalue weighted by atomic mass is 16.4. The van der Waals surface area contributed by atoms with Crippen molar-refractivity contribution in [1.29, 1.82) is 0 Å². The number of aliphatic hydroxyl groups is 1. The normalized spacial score (nSPS) is 31.6. The summed E-state index contributed by atoms with van der Waals surface area (Å²) < 4.78 is 0. The molecule has 4 atom stereocenters. The van der Waals surface area contributed by atoms with Gasteiger partial charge in [-0.05, 0) is 17.5 Å². The number of carboxylic acids is 1. The number of fused-ring (bicyclic) bond motifs is 1. The summed E-state index contributed by atoms with van der Waals surface area (Å²) in [6, 6.07) is 7.17. The molecule has 2 unspecified atom stereocenters. The number of carboxylic acid groups (broad SMARTS) is 1. The van der Waals surface area contributed by atoms with E-state index >= 15 is 0 Å². The smallest absolute Gasteiger partial charge is 0.307 e. The van der Waals surface area contributed by atoms with Crippen molar-refractivity contribution in [2.45, 2.75) is 25.0 Å². The van der Waals surface area contributed by atoms with E-state index in [1.165, 1.54) is 0 Å². The molecule has 0 aliphatic heterocycles. The van der Waals surface area contributed by atoms with Crippen LogP contribution < -0.4 is 5.32 Å². The zero-order valence-corrected chi connectivity index (χ0v) is 10.2. The topological polar surface area (TPSA) is 86.6 Å². The Hall–Kier alpha value is -1.88. The lowest BCUT2D eigenvalue weighted by molar-refractivity contribution is -0.140. The van der Waals surface area contributed by atoms with Crippen LogP contribution in [0.4, 0.5) is 0 Å². The van der Waals surface area contributed by atoms with Gasteiger partial charge >= 0.3 is 5.97 Å². The van der Waals surface area contributed by atoms with Gasteiger partial charge in [0.05, 0.1) is 24.0 Å². The summed E-state index contributed by atoms with van der Waals surface area (Å²) >= 11 is 0. The van der Waals surface area contributed by atoms with Crippen molar-refractivity contribution in [3.05, 3.63) is 35.4 Å². The van der Waals surface area contributed by atoms with Crippen molar-refractivity contribution in [1.82, 2.24) is 5.32 Å². The predicted octanol–water partition coefficient (Wildman–Crippen LogP) is 0.482. The molecule has 1 amide bonds. The van der Waals surface area contributed by atoms with Crippen LogP contribution in [0.1, 0.15) is 23.6 Å². The number of nitrogens with one attached hydrogen (secondary N) is 1. The largest absolute Gasteiger partial charge is 0.481 e. The molecular formula is C14H15NO4. The van der Waals surface area contributed by atoms with Crippen molar-refractivity contribution < 1.29 is 19.8 Å². The molecule has 1 fully saturated rings. The molecular weight excluding hydrogens is 246 g/mol. The molecule has 0 bridgehead atoms. The molecule has 0 spiro atoms. The fourth-order valence-corrected chi connectivity index (χ4v) is 2.77. The highest BCUT2D eigenvalue weighted by Crippen LogP contribution is 2.40. The Morgan fingerprint density at radius 3 is 2.63 bits per heavy atom. The van der Waals surface area contributed by atoms with E-state index in [4.69, 9.17) is 5.11 Å². The Bertz CT molecular complexity index is 542. The summed E-state index contributed by atoms with van der Waals surface area (Å²) in [4.78, 5) is 22.7. The molecule has 2 aliphatic carbocycles. The summed E-state index contributed by atoms with van der Waals surface area (Å²) in [6.45, 7) is 0. The van der Waals surface area contributed by atoms with Crippen molar-refractivity contribution in [2.24, 2.45) is 11.8 Å². The van der Waals surface area contributed by atoms with Crippen LogP contribution in [0.3, 0.4) is 0 Å². The lowest BCUT2D eigenvalue weighted by atomic mass is 10.1. The van der Waals surface area contributed by atoms with Crippen LogP contribution in [-0.4, -0.2) is 28.2 Å². The van der Waals surface area contributed by atoms with Gasteiger partial charge in [-0.15, -0.1) is 0 Å². The Balaban J connectivity index is 1.71. The lowest BCUT2D eigenvalue weighted by Crippen LogP contribution is -2.35. The number of hydrogen-bond donors (Lipinski definition) is 3. The van der Waals surface area contributed by atoms with Gasteiger partial charge in [-0.25, -0.2) is 0 Å². The molecule has 5 nitrogen and oxygen atoms in total. The van der Waals surface area contributed by atoms with E-state index in [1.807, 2.05) is 24.3 Å². The molecule has 19 heavy (non-hydrogen) atoms. The first-order valence-corrected chi connectivity index (χ1v) is 6.37. The van der Waals surface area contributed by atoms with E-state index in [0.29, 0.717) is 12.8 Å². The van der Waals surface area contributed by atoms with Crippen molar-refractivity contribution in [3.63, 3.8) is 0 Å². The van der Waals surface area contributed by atoms with Crippen LogP contribution in [0.25, 0.3) is 0 Å². The second-order valence-electron chi connectivity index (χ2n) is 5.24. The van der Waals surface area contributed by atoms with Gasteiger partial charge in [-0.2, -0.15) is 0 Å². The van der Waals surface area contributed by atoms with Crippen LogP contribution in [-0.2, 0) is 16.0 Å². The number of aliphatic carboxylic acids is 1. The van der Waals surface area contributed by atoms with Gasteiger partial charge in [0.1, 0.15) is 0 Å². The molecule has 0 heterocycles. The maximum absolute atomic E-state index is 11.9. The zero-order chi connectivity index (χ0) is 13.6. The third-order valence-corrected chi connectivity index (χ3v) is 3.95. The highest BCUT2D eigenvalue weighted by Gasteiger charge is 2.49. The van der Waals surface area contributed by atoms with Gasteiger partial charge in [-0.1, -0.05) is 24.3 Å². The molecule has 1 saturated carbocycles. The van der Waals surface area contributed by atoms with Crippen molar-refractivity contribution >= 4 is 11.9 Å². The quantitative estimate of drug-likeness (QED) is 0.738. The molecule has 1 aromatic rings. The number of amides is 1. The summed E-state index contributed by atoms with van der Waals surface area (Å²) in [5.41, 5.74) is 1.96. The minimum atomic E-state index is -0.924. The molecule has 2 aliphatic rings. The number of benzene rings is 1. The second kappa shape index (κ2) is 4.35. The standard InChI is InChI=1S/C14H15NO4/c16-11-5-7-3-1-2-4-8(7)12(11)15-13(17)9-6-10(9)14(18)19/h1-4,9-12,16H,5-6H2,(H,15,17)(H,18,19)/t9?,10?,11-,12+/m1/s1. The SMILES string of the molecule is O=C(O)C1CC1C(=O)N[C@H]1c2ccccc2C[C@H]1O.